The lowest BCUT2D eigenvalue weighted by Gasteiger charge is -2.23. The number of halogens is 1. The predicted molar refractivity (Wildman–Crippen MR) is 60.4 cm³/mol. The molecule has 1 aromatic heterocycles. The molecule has 0 aliphatic heterocycles. The van der Waals surface area contributed by atoms with E-state index in [1.807, 2.05) is 22.9 Å². The van der Waals surface area contributed by atoms with Crippen molar-refractivity contribution in [3.8, 4) is 0 Å². The van der Waals surface area contributed by atoms with Crippen molar-refractivity contribution in [1.29, 1.82) is 0 Å². The number of rotatable bonds is 3. The van der Waals surface area contributed by atoms with Crippen molar-refractivity contribution in [3.63, 3.8) is 0 Å². The Bertz CT molecular complexity index is 458. The van der Waals surface area contributed by atoms with Crippen LogP contribution in [-0.4, -0.2) is 47.2 Å². The Kier molecular flexibility index (Phi) is 3.88. The minimum atomic E-state index is 0. The Hall–Kier alpha value is -1.13. The summed E-state index contributed by atoms with van der Waals surface area (Å²) in [6.07, 6.45) is 0. The van der Waals surface area contributed by atoms with E-state index in [4.69, 9.17) is 0 Å². The number of aromatic nitrogens is 3. The Morgan fingerprint density at radius 1 is 1.19 bits per heavy atom. The van der Waals surface area contributed by atoms with Crippen molar-refractivity contribution in [2.24, 2.45) is 0 Å². The van der Waals surface area contributed by atoms with Crippen LogP contribution in [0.25, 0.3) is 11.0 Å². The molecule has 1 heterocycles. The second-order valence-electron chi connectivity index (χ2n) is 4.82. The predicted octanol–water partition coefficient (Wildman–Crippen LogP) is -1.86. The van der Waals surface area contributed by atoms with Gasteiger partial charge in [0.1, 0.15) is 5.52 Å². The van der Waals surface area contributed by atoms with E-state index < -0.39 is 0 Å². The number of nitrogens with zero attached hydrogens (tertiary/aromatic N) is 4. The third-order valence-electron chi connectivity index (χ3n) is 2.40. The van der Waals surface area contributed by atoms with Gasteiger partial charge >= 0.3 is 0 Å². The lowest BCUT2D eigenvalue weighted by atomic mass is 10.3. The van der Waals surface area contributed by atoms with Crippen molar-refractivity contribution < 1.29 is 16.9 Å². The first-order valence-electron chi connectivity index (χ1n) is 5.15. The first-order valence-corrected chi connectivity index (χ1v) is 5.15. The van der Waals surface area contributed by atoms with Crippen molar-refractivity contribution in [1.82, 2.24) is 15.0 Å². The molecule has 0 saturated heterocycles. The summed E-state index contributed by atoms with van der Waals surface area (Å²) in [5.41, 5.74) is 2.09. The molecule has 5 heteroatoms. The number of para-hydroxylation sites is 1. The van der Waals surface area contributed by atoms with Gasteiger partial charge in [0.2, 0.25) is 0 Å². The third kappa shape index (κ3) is 2.93. The van der Waals surface area contributed by atoms with Crippen molar-refractivity contribution in [2.75, 3.05) is 27.7 Å². The molecule has 88 valence electrons. The van der Waals surface area contributed by atoms with E-state index in [9.17, 15) is 0 Å². The Labute approximate surface area is 102 Å². The molecular weight excluding hydrogens is 224 g/mol. The number of benzene rings is 1. The van der Waals surface area contributed by atoms with E-state index in [0.717, 1.165) is 28.6 Å². The smallest absolute Gasteiger partial charge is 0.113 e. The SMILES string of the molecule is C[N+](C)(C)CCn1nnc2ccccc21.[Cl-]. The van der Waals surface area contributed by atoms with Crippen LogP contribution in [-0.2, 0) is 6.54 Å². The van der Waals surface area contributed by atoms with Crippen LogP contribution in [0.3, 0.4) is 0 Å². The highest BCUT2D eigenvalue weighted by atomic mass is 35.5. The van der Waals surface area contributed by atoms with Gasteiger partial charge < -0.3 is 16.9 Å². The van der Waals surface area contributed by atoms with E-state index in [0.29, 0.717) is 0 Å². The van der Waals surface area contributed by atoms with Gasteiger partial charge in [0.15, 0.2) is 0 Å². The van der Waals surface area contributed by atoms with Gasteiger partial charge in [0.05, 0.1) is 39.7 Å². The molecule has 0 unspecified atom stereocenters. The van der Waals surface area contributed by atoms with Crippen molar-refractivity contribution in [2.45, 2.75) is 6.54 Å². The minimum Gasteiger partial charge on any atom is -1.00 e. The van der Waals surface area contributed by atoms with E-state index in [1.165, 1.54) is 0 Å². The molecule has 0 bridgehead atoms. The maximum Gasteiger partial charge on any atom is 0.113 e. The maximum atomic E-state index is 4.16. The van der Waals surface area contributed by atoms with Crippen LogP contribution < -0.4 is 12.4 Å². The average Bonchev–Trinajstić information content (AvgIpc) is 2.57. The van der Waals surface area contributed by atoms with Gasteiger partial charge in [-0.1, -0.05) is 17.3 Å². The van der Waals surface area contributed by atoms with E-state index in [1.54, 1.807) is 0 Å². The van der Waals surface area contributed by atoms with E-state index >= 15 is 0 Å². The summed E-state index contributed by atoms with van der Waals surface area (Å²) in [5, 5.41) is 8.28. The molecule has 0 N–H and O–H groups in total. The van der Waals surface area contributed by atoms with Gasteiger partial charge in [-0.25, -0.2) is 4.68 Å². The largest absolute Gasteiger partial charge is 1.00 e. The fraction of sp³-hybridized carbons (Fsp3) is 0.455. The van der Waals surface area contributed by atoms with Crippen LogP contribution in [0.15, 0.2) is 24.3 Å². The highest BCUT2D eigenvalue weighted by Crippen LogP contribution is 2.09. The van der Waals surface area contributed by atoms with E-state index in [2.05, 4.69) is 37.5 Å². The topological polar surface area (TPSA) is 30.7 Å². The summed E-state index contributed by atoms with van der Waals surface area (Å²) in [7, 11) is 6.54. The molecule has 0 fully saturated rings. The summed E-state index contributed by atoms with van der Waals surface area (Å²) < 4.78 is 2.91. The summed E-state index contributed by atoms with van der Waals surface area (Å²) in [6.45, 7) is 1.96. The fourth-order valence-electron chi connectivity index (χ4n) is 1.48. The molecular formula is C11H17ClN4. The molecule has 0 amide bonds. The molecule has 2 aromatic rings. The van der Waals surface area contributed by atoms with Crippen LogP contribution in [0.4, 0.5) is 0 Å². The molecule has 4 nitrogen and oxygen atoms in total. The normalized spacial score (nSPS) is 11.4. The van der Waals surface area contributed by atoms with Crippen LogP contribution in [0.1, 0.15) is 0 Å². The first kappa shape index (κ1) is 12.9. The van der Waals surface area contributed by atoms with Gasteiger partial charge in [-0.05, 0) is 12.1 Å². The fourth-order valence-corrected chi connectivity index (χ4v) is 1.48. The average molecular weight is 241 g/mol. The zero-order chi connectivity index (χ0) is 10.9. The standard InChI is InChI=1S/C11H17N4.ClH/c1-15(2,3)9-8-14-11-7-5-4-6-10(11)12-13-14;/h4-7H,8-9H2,1-3H3;1H/q+1;/p-1. The monoisotopic (exact) mass is 240 g/mol. The molecule has 1 aromatic carbocycles. The van der Waals surface area contributed by atoms with Crippen molar-refractivity contribution >= 4 is 11.0 Å². The molecule has 2 rings (SSSR count). The van der Waals surface area contributed by atoms with Crippen LogP contribution >= 0.6 is 0 Å². The second-order valence-corrected chi connectivity index (χ2v) is 4.82. The highest BCUT2D eigenvalue weighted by molar-refractivity contribution is 5.73. The first-order chi connectivity index (χ1) is 7.06. The number of fused-ring (bicyclic) bond motifs is 1. The van der Waals surface area contributed by atoms with Gasteiger partial charge in [-0.15, -0.1) is 5.10 Å². The number of hydrogen-bond donors (Lipinski definition) is 0. The Morgan fingerprint density at radius 3 is 2.56 bits per heavy atom. The Morgan fingerprint density at radius 2 is 1.88 bits per heavy atom. The summed E-state index contributed by atoms with van der Waals surface area (Å²) >= 11 is 0. The lowest BCUT2D eigenvalue weighted by Crippen LogP contribution is -3.00. The molecule has 0 spiro atoms. The molecule has 0 aliphatic rings. The number of quaternary nitrogens is 1. The highest BCUT2D eigenvalue weighted by Gasteiger charge is 2.09. The summed E-state index contributed by atoms with van der Waals surface area (Å²) in [6, 6.07) is 8.06. The van der Waals surface area contributed by atoms with Gasteiger partial charge in [-0.2, -0.15) is 0 Å². The number of likely N-dealkylation sites (N-methyl/N-ethyl adjacent to an activating group) is 1. The third-order valence-corrected chi connectivity index (χ3v) is 2.40. The maximum absolute atomic E-state index is 4.16. The Balaban J connectivity index is 0.00000128. The minimum absolute atomic E-state index is 0. The lowest BCUT2D eigenvalue weighted by molar-refractivity contribution is -0.871. The van der Waals surface area contributed by atoms with Crippen LogP contribution in [0.2, 0.25) is 0 Å². The quantitative estimate of drug-likeness (QED) is 0.590. The zero-order valence-electron chi connectivity index (χ0n) is 9.89. The van der Waals surface area contributed by atoms with Gasteiger partial charge in [-0.3, -0.25) is 0 Å². The molecule has 0 aliphatic carbocycles. The van der Waals surface area contributed by atoms with Gasteiger partial charge in [0, 0.05) is 0 Å². The molecule has 16 heavy (non-hydrogen) atoms. The van der Waals surface area contributed by atoms with Crippen molar-refractivity contribution in [3.05, 3.63) is 24.3 Å². The molecule has 0 saturated carbocycles. The van der Waals surface area contributed by atoms with Gasteiger partial charge in [0.25, 0.3) is 0 Å². The zero-order valence-corrected chi connectivity index (χ0v) is 10.6. The number of hydrogen-bond acceptors (Lipinski definition) is 2. The van der Waals surface area contributed by atoms with E-state index in [-0.39, 0.29) is 12.4 Å². The summed E-state index contributed by atoms with van der Waals surface area (Å²) in [4.78, 5) is 0. The summed E-state index contributed by atoms with van der Waals surface area (Å²) in [5.74, 6) is 0. The second kappa shape index (κ2) is 4.80. The molecule has 0 radical (unpaired) electrons. The van der Waals surface area contributed by atoms with Crippen LogP contribution in [0, 0.1) is 0 Å². The van der Waals surface area contributed by atoms with Crippen LogP contribution in [0.5, 0.6) is 0 Å². The molecule has 0 atom stereocenters.